The lowest BCUT2D eigenvalue weighted by molar-refractivity contribution is -0.121. The van der Waals surface area contributed by atoms with E-state index in [1.54, 1.807) is 14.2 Å². The predicted octanol–water partition coefficient (Wildman–Crippen LogP) is 1.78. The molecule has 1 aromatic carbocycles. The highest BCUT2D eigenvalue weighted by Crippen LogP contribution is 2.24. The summed E-state index contributed by atoms with van der Waals surface area (Å²) in [4.78, 5) is 11.7. The van der Waals surface area contributed by atoms with E-state index in [1.807, 2.05) is 25.2 Å². The summed E-state index contributed by atoms with van der Waals surface area (Å²) in [6, 6.07) is 5.62. The van der Waals surface area contributed by atoms with Crippen LogP contribution in [-0.4, -0.2) is 40.3 Å². The zero-order chi connectivity index (χ0) is 14.8. The van der Waals surface area contributed by atoms with Crippen molar-refractivity contribution in [2.45, 2.75) is 19.3 Å². The Morgan fingerprint density at radius 2 is 1.95 bits per heavy atom. The van der Waals surface area contributed by atoms with Crippen molar-refractivity contribution in [1.29, 1.82) is 0 Å². The third kappa shape index (κ3) is 7.20. The number of rotatable bonds is 9. The number of carbonyl (C=O) groups excluding carboxylic acids is 1. The zero-order valence-corrected chi connectivity index (χ0v) is 13.7. The van der Waals surface area contributed by atoms with E-state index < -0.39 is 0 Å². The minimum atomic E-state index is 0. The Labute approximate surface area is 132 Å². The Morgan fingerprint density at radius 1 is 1.19 bits per heavy atom. The van der Waals surface area contributed by atoms with E-state index in [-0.39, 0.29) is 18.3 Å². The fourth-order valence-electron chi connectivity index (χ4n) is 1.91. The minimum Gasteiger partial charge on any atom is -0.497 e. The van der Waals surface area contributed by atoms with Crippen molar-refractivity contribution in [3.05, 3.63) is 23.8 Å². The molecule has 0 spiro atoms. The van der Waals surface area contributed by atoms with Gasteiger partial charge in [-0.3, -0.25) is 4.79 Å². The van der Waals surface area contributed by atoms with Crippen LogP contribution in [0.25, 0.3) is 0 Å². The normalized spacial score (nSPS) is 9.67. The maximum absolute atomic E-state index is 11.7. The number of halogens is 1. The molecule has 1 amide bonds. The topological polar surface area (TPSA) is 59.6 Å². The number of aryl methyl sites for hydroxylation is 1. The second-order valence-electron chi connectivity index (χ2n) is 4.48. The van der Waals surface area contributed by atoms with Crippen LogP contribution < -0.4 is 20.1 Å². The van der Waals surface area contributed by atoms with Gasteiger partial charge in [-0.15, -0.1) is 12.4 Å². The van der Waals surface area contributed by atoms with E-state index in [9.17, 15) is 4.79 Å². The van der Waals surface area contributed by atoms with Crippen LogP contribution in [0.4, 0.5) is 0 Å². The maximum Gasteiger partial charge on any atom is 0.220 e. The maximum atomic E-state index is 11.7. The molecule has 6 heteroatoms. The highest BCUT2D eigenvalue weighted by atomic mass is 35.5. The van der Waals surface area contributed by atoms with Gasteiger partial charge in [0, 0.05) is 13.0 Å². The molecule has 0 saturated heterocycles. The molecule has 0 aliphatic rings. The van der Waals surface area contributed by atoms with Crippen LogP contribution in [-0.2, 0) is 11.2 Å². The number of carbonyl (C=O) groups is 1. The minimum absolute atomic E-state index is 0. The molecule has 5 nitrogen and oxygen atoms in total. The third-order valence-corrected chi connectivity index (χ3v) is 3.03. The molecule has 0 radical (unpaired) electrons. The molecule has 0 aliphatic heterocycles. The van der Waals surface area contributed by atoms with E-state index in [0.29, 0.717) is 19.4 Å². The summed E-state index contributed by atoms with van der Waals surface area (Å²) in [6.45, 7) is 1.61. The molecule has 1 aromatic rings. The van der Waals surface area contributed by atoms with Crippen molar-refractivity contribution < 1.29 is 14.3 Å². The van der Waals surface area contributed by atoms with E-state index >= 15 is 0 Å². The first-order chi connectivity index (χ1) is 9.71. The number of benzene rings is 1. The summed E-state index contributed by atoms with van der Waals surface area (Å²) < 4.78 is 10.5. The van der Waals surface area contributed by atoms with Gasteiger partial charge in [-0.2, -0.15) is 0 Å². The molecular weight excluding hydrogens is 292 g/mol. The van der Waals surface area contributed by atoms with E-state index in [1.165, 1.54) is 0 Å². The Balaban J connectivity index is 0.00000400. The summed E-state index contributed by atoms with van der Waals surface area (Å²) in [5, 5.41) is 5.95. The van der Waals surface area contributed by atoms with Gasteiger partial charge < -0.3 is 20.1 Å². The first kappa shape index (κ1) is 19.5. The smallest absolute Gasteiger partial charge is 0.220 e. The van der Waals surface area contributed by atoms with Gasteiger partial charge in [0.2, 0.25) is 5.91 Å². The summed E-state index contributed by atoms with van der Waals surface area (Å²) in [7, 11) is 5.15. The molecule has 21 heavy (non-hydrogen) atoms. The number of methoxy groups -OCH3 is 2. The number of amides is 1. The number of hydrogen-bond donors (Lipinski definition) is 2. The standard InChI is InChI=1S/C15H24N2O3.ClH/c1-16-9-4-10-17-15(18)8-5-12-11-13(19-2)6-7-14(12)20-3;/h6-7,11,16H,4-5,8-10H2,1-3H3,(H,17,18);1H. The van der Waals surface area contributed by atoms with Crippen molar-refractivity contribution in [3.63, 3.8) is 0 Å². The Bertz CT molecular complexity index is 427. The van der Waals surface area contributed by atoms with Crippen LogP contribution in [0.1, 0.15) is 18.4 Å². The van der Waals surface area contributed by atoms with Crippen LogP contribution in [0, 0.1) is 0 Å². The Kier molecular flexibility index (Phi) is 10.4. The second-order valence-corrected chi connectivity index (χ2v) is 4.48. The van der Waals surface area contributed by atoms with Crippen LogP contribution in [0.3, 0.4) is 0 Å². The van der Waals surface area contributed by atoms with Gasteiger partial charge in [0.15, 0.2) is 0 Å². The van der Waals surface area contributed by atoms with Crippen LogP contribution in [0.2, 0.25) is 0 Å². The van der Waals surface area contributed by atoms with Gasteiger partial charge in [-0.05, 0) is 50.2 Å². The predicted molar refractivity (Wildman–Crippen MR) is 86.7 cm³/mol. The van der Waals surface area contributed by atoms with E-state index in [4.69, 9.17) is 9.47 Å². The Morgan fingerprint density at radius 3 is 2.57 bits per heavy atom. The molecule has 120 valence electrons. The lowest BCUT2D eigenvalue weighted by Gasteiger charge is -2.10. The fraction of sp³-hybridized carbons (Fsp3) is 0.533. The quantitative estimate of drug-likeness (QED) is 0.682. The molecule has 0 heterocycles. The molecule has 1 rings (SSSR count). The van der Waals surface area contributed by atoms with Gasteiger partial charge in [0.25, 0.3) is 0 Å². The Hall–Kier alpha value is -1.46. The summed E-state index contributed by atoms with van der Waals surface area (Å²) in [6.07, 6.45) is 2.02. The van der Waals surface area contributed by atoms with Crippen LogP contribution in [0.5, 0.6) is 11.5 Å². The largest absolute Gasteiger partial charge is 0.497 e. The van der Waals surface area contributed by atoms with Crippen molar-refractivity contribution in [2.75, 3.05) is 34.4 Å². The van der Waals surface area contributed by atoms with Crippen LogP contribution >= 0.6 is 12.4 Å². The lowest BCUT2D eigenvalue weighted by Crippen LogP contribution is -2.26. The van der Waals surface area contributed by atoms with Gasteiger partial charge in [0.05, 0.1) is 14.2 Å². The number of nitrogens with one attached hydrogen (secondary N) is 2. The van der Waals surface area contributed by atoms with Gasteiger partial charge in [-0.1, -0.05) is 0 Å². The van der Waals surface area contributed by atoms with Crippen molar-refractivity contribution in [3.8, 4) is 11.5 Å². The second kappa shape index (κ2) is 11.2. The SMILES string of the molecule is CNCCCNC(=O)CCc1cc(OC)ccc1OC.Cl. The van der Waals surface area contributed by atoms with Crippen molar-refractivity contribution >= 4 is 18.3 Å². The van der Waals surface area contributed by atoms with Crippen LogP contribution in [0.15, 0.2) is 18.2 Å². The summed E-state index contributed by atoms with van der Waals surface area (Å²) in [5.74, 6) is 1.62. The van der Waals surface area contributed by atoms with Crippen molar-refractivity contribution in [1.82, 2.24) is 10.6 Å². The number of hydrogen-bond acceptors (Lipinski definition) is 4. The molecule has 0 aromatic heterocycles. The van der Waals surface area contributed by atoms with Gasteiger partial charge in [-0.25, -0.2) is 0 Å². The molecule has 2 N–H and O–H groups in total. The summed E-state index contributed by atoms with van der Waals surface area (Å²) >= 11 is 0. The molecule has 0 atom stereocenters. The molecule has 0 saturated carbocycles. The lowest BCUT2D eigenvalue weighted by atomic mass is 10.1. The third-order valence-electron chi connectivity index (χ3n) is 3.03. The van der Waals surface area contributed by atoms with Gasteiger partial charge >= 0.3 is 0 Å². The average Bonchev–Trinajstić information content (AvgIpc) is 2.49. The monoisotopic (exact) mass is 316 g/mol. The van der Waals surface area contributed by atoms with E-state index in [0.717, 1.165) is 30.0 Å². The number of ether oxygens (including phenoxy) is 2. The summed E-state index contributed by atoms with van der Waals surface area (Å²) in [5.41, 5.74) is 0.984. The first-order valence-electron chi connectivity index (χ1n) is 6.83. The molecule has 0 aliphatic carbocycles. The highest BCUT2D eigenvalue weighted by Gasteiger charge is 2.08. The molecular formula is C15H25ClN2O3. The fourth-order valence-corrected chi connectivity index (χ4v) is 1.91. The molecule has 0 unspecified atom stereocenters. The molecule has 0 bridgehead atoms. The first-order valence-corrected chi connectivity index (χ1v) is 6.83. The molecule has 0 fully saturated rings. The average molecular weight is 317 g/mol. The van der Waals surface area contributed by atoms with Gasteiger partial charge in [0.1, 0.15) is 11.5 Å². The van der Waals surface area contributed by atoms with E-state index in [2.05, 4.69) is 10.6 Å². The zero-order valence-electron chi connectivity index (χ0n) is 12.9. The van der Waals surface area contributed by atoms with Crippen molar-refractivity contribution in [2.24, 2.45) is 0 Å². The highest BCUT2D eigenvalue weighted by molar-refractivity contribution is 5.85.